The first kappa shape index (κ1) is 17.3. The van der Waals surface area contributed by atoms with E-state index in [1.165, 1.54) is 11.3 Å². The van der Waals surface area contributed by atoms with E-state index in [4.69, 9.17) is 11.6 Å². The summed E-state index contributed by atoms with van der Waals surface area (Å²) >= 11 is 6.46. The van der Waals surface area contributed by atoms with E-state index in [1.807, 2.05) is 0 Å². The highest BCUT2D eigenvalue weighted by Crippen LogP contribution is 2.29. The first-order valence-corrected chi connectivity index (χ1v) is 8.01. The van der Waals surface area contributed by atoms with E-state index in [0.29, 0.717) is 18.0 Å². The summed E-state index contributed by atoms with van der Waals surface area (Å²) in [6, 6.07) is 7.19. The van der Waals surface area contributed by atoms with Crippen LogP contribution in [0.1, 0.15) is 52.6 Å². The van der Waals surface area contributed by atoms with Crippen LogP contribution in [0.2, 0.25) is 5.02 Å². The third-order valence-corrected chi connectivity index (χ3v) is 4.46. The molecule has 0 saturated carbocycles. The number of halogens is 1. The second-order valence-electron chi connectivity index (χ2n) is 5.98. The van der Waals surface area contributed by atoms with E-state index in [2.05, 4.69) is 70.1 Å². The third-order valence-electron chi connectivity index (χ3n) is 4.13. The molecule has 0 saturated heterocycles. The van der Waals surface area contributed by atoms with Gasteiger partial charge in [-0.25, -0.2) is 0 Å². The molecule has 2 nitrogen and oxygen atoms in total. The highest BCUT2D eigenvalue weighted by Gasteiger charge is 2.16. The van der Waals surface area contributed by atoms with Crippen molar-refractivity contribution < 1.29 is 0 Å². The van der Waals surface area contributed by atoms with Crippen molar-refractivity contribution in [2.75, 3.05) is 18.5 Å². The lowest BCUT2D eigenvalue weighted by molar-refractivity contribution is 0.505. The first-order chi connectivity index (χ1) is 9.38. The Balaban J connectivity index is 2.87. The topological polar surface area (TPSA) is 15.3 Å². The van der Waals surface area contributed by atoms with Crippen LogP contribution >= 0.6 is 11.6 Å². The number of hydrogen-bond acceptors (Lipinski definition) is 2. The smallest absolute Gasteiger partial charge is 0.0474 e. The van der Waals surface area contributed by atoms with Crippen molar-refractivity contribution in [2.24, 2.45) is 5.92 Å². The number of anilines is 1. The summed E-state index contributed by atoms with van der Waals surface area (Å²) in [7, 11) is 2.13. The minimum atomic E-state index is 0.296. The van der Waals surface area contributed by atoms with Gasteiger partial charge in [0.2, 0.25) is 0 Å². The van der Waals surface area contributed by atoms with E-state index in [0.717, 1.165) is 18.0 Å². The molecular weight excluding hydrogens is 268 g/mol. The highest BCUT2D eigenvalue weighted by molar-refractivity contribution is 6.31. The molecule has 0 heterocycles. The molecule has 0 bridgehead atoms. The van der Waals surface area contributed by atoms with Gasteiger partial charge in [-0.3, -0.25) is 0 Å². The Labute approximate surface area is 129 Å². The van der Waals surface area contributed by atoms with Crippen LogP contribution in [0.15, 0.2) is 18.2 Å². The second kappa shape index (κ2) is 7.90. The Morgan fingerprint density at radius 1 is 1.20 bits per heavy atom. The Morgan fingerprint density at radius 2 is 1.85 bits per heavy atom. The van der Waals surface area contributed by atoms with E-state index < -0.39 is 0 Å². The van der Waals surface area contributed by atoms with Crippen LogP contribution in [0.25, 0.3) is 0 Å². The molecule has 0 aliphatic heterocycles. The van der Waals surface area contributed by atoms with Crippen LogP contribution in [0.3, 0.4) is 0 Å². The molecule has 0 spiro atoms. The van der Waals surface area contributed by atoms with Gasteiger partial charge in [0.25, 0.3) is 0 Å². The predicted molar refractivity (Wildman–Crippen MR) is 90.9 cm³/mol. The van der Waals surface area contributed by atoms with Crippen LogP contribution in [0.4, 0.5) is 5.69 Å². The molecule has 114 valence electrons. The molecule has 1 rings (SSSR count). The standard InChI is InChI=1S/C17H29ClN2/c1-7-10-19-13(4)16-9-8-15(11-17(16)18)20(6)14(5)12(2)3/h8-9,11-14,19H,7,10H2,1-6H3. The van der Waals surface area contributed by atoms with Gasteiger partial charge in [-0.15, -0.1) is 0 Å². The van der Waals surface area contributed by atoms with Crippen molar-refractivity contribution in [1.29, 1.82) is 0 Å². The zero-order chi connectivity index (χ0) is 15.3. The van der Waals surface area contributed by atoms with Crippen LogP contribution in [-0.2, 0) is 0 Å². The fraction of sp³-hybridized carbons (Fsp3) is 0.647. The predicted octanol–water partition coefficient (Wildman–Crippen LogP) is 4.88. The van der Waals surface area contributed by atoms with E-state index in [-0.39, 0.29) is 0 Å². The molecule has 0 aliphatic rings. The van der Waals surface area contributed by atoms with Gasteiger partial charge in [0, 0.05) is 29.8 Å². The van der Waals surface area contributed by atoms with Crippen molar-refractivity contribution in [2.45, 2.75) is 53.1 Å². The van der Waals surface area contributed by atoms with Gasteiger partial charge in [-0.2, -0.15) is 0 Å². The number of hydrogen-bond donors (Lipinski definition) is 1. The minimum Gasteiger partial charge on any atom is -0.372 e. The maximum absolute atomic E-state index is 6.46. The van der Waals surface area contributed by atoms with Gasteiger partial charge in [0.05, 0.1) is 0 Å². The van der Waals surface area contributed by atoms with Gasteiger partial charge in [0.1, 0.15) is 0 Å². The summed E-state index contributed by atoms with van der Waals surface area (Å²) in [5.74, 6) is 0.614. The maximum Gasteiger partial charge on any atom is 0.0474 e. The third kappa shape index (κ3) is 4.39. The molecule has 20 heavy (non-hydrogen) atoms. The quantitative estimate of drug-likeness (QED) is 0.771. The molecular formula is C17H29ClN2. The number of nitrogens with zero attached hydrogens (tertiary/aromatic N) is 1. The Hall–Kier alpha value is -0.730. The van der Waals surface area contributed by atoms with Gasteiger partial charge >= 0.3 is 0 Å². The molecule has 1 aromatic carbocycles. The average Bonchev–Trinajstić information content (AvgIpc) is 2.42. The molecule has 0 fully saturated rings. The van der Waals surface area contributed by atoms with Crippen molar-refractivity contribution in [1.82, 2.24) is 5.32 Å². The Kier molecular flexibility index (Phi) is 6.84. The molecule has 0 radical (unpaired) electrons. The van der Waals surface area contributed by atoms with Crippen molar-refractivity contribution in [3.63, 3.8) is 0 Å². The number of benzene rings is 1. The Morgan fingerprint density at radius 3 is 2.35 bits per heavy atom. The molecule has 1 N–H and O–H groups in total. The minimum absolute atomic E-state index is 0.296. The molecule has 0 aliphatic carbocycles. The largest absolute Gasteiger partial charge is 0.372 e. The number of rotatable bonds is 7. The first-order valence-electron chi connectivity index (χ1n) is 7.64. The summed E-state index contributed by atoms with van der Waals surface area (Å²) in [4.78, 5) is 2.30. The average molecular weight is 297 g/mol. The lowest BCUT2D eigenvalue weighted by atomic mass is 10.0. The maximum atomic E-state index is 6.46. The van der Waals surface area contributed by atoms with Crippen molar-refractivity contribution in [3.05, 3.63) is 28.8 Å². The monoisotopic (exact) mass is 296 g/mol. The van der Waals surface area contributed by atoms with Crippen molar-refractivity contribution in [3.8, 4) is 0 Å². The van der Waals surface area contributed by atoms with Crippen LogP contribution in [-0.4, -0.2) is 19.6 Å². The fourth-order valence-corrected chi connectivity index (χ4v) is 2.58. The fourth-order valence-electron chi connectivity index (χ4n) is 2.24. The van der Waals surface area contributed by atoms with Gasteiger partial charge in [-0.05, 0) is 50.4 Å². The lowest BCUT2D eigenvalue weighted by Gasteiger charge is -2.30. The van der Waals surface area contributed by atoms with Crippen LogP contribution < -0.4 is 10.2 Å². The zero-order valence-electron chi connectivity index (χ0n) is 13.7. The lowest BCUT2D eigenvalue weighted by Crippen LogP contribution is -2.33. The summed E-state index contributed by atoms with van der Waals surface area (Å²) in [5, 5.41) is 4.33. The zero-order valence-corrected chi connectivity index (χ0v) is 14.5. The highest BCUT2D eigenvalue weighted by atomic mass is 35.5. The van der Waals surface area contributed by atoms with E-state index in [9.17, 15) is 0 Å². The van der Waals surface area contributed by atoms with Gasteiger partial charge < -0.3 is 10.2 Å². The van der Waals surface area contributed by atoms with Crippen LogP contribution in [0.5, 0.6) is 0 Å². The van der Waals surface area contributed by atoms with Crippen LogP contribution in [0, 0.1) is 5.92 Å². The SMILES string of the molecule is CCCNC(C)c1ccc(N(C)C(C)C(C)C)cc1Cl. The molecule has 2 unspecified atom stereocenters. The molecule has 2 atom stereocenters. The normalized spacial score (nSPS) is 14.4. The van der Waals surface area contributed by atoms with E-state index >= 15 is 0 Å². The van der Waals surface area contributed by atoms with Gasteiger partial charge in [-0.1, -0.05) is 38.4 Å². The Bertz CT molecular complexity index is 417. The summed E-state index contributed by atoms with van der Waals surface area (Å²) in [6.45, 7) is 12.1. The van der Waals surface area contributed by atoms with Crippen molar-refractivity contribution >= 4 is 17.3 Å². The summed E-state index contributed by atoms with van der Waals surface area (Å²) in [6.07, 6.45) is 1.13. The second-order valence-corrected chi connectivity index (χ2v) is 6.38. The number of nitrogens with one attached hydrogen (secondary N) is 1. The summed E-state index contributed by atoms with van der Waals surface area (Å²) in [5.41, 5.74) is 2.36. The van der Waals surface area contributed by atoms with E-state index in [1.54, 1.807) is 0 Å². The van der Waals surface area contributed by atoms with Gasteiger partial charge in [0.15, 0.2) is 0 Å². The summed E-state index contributed by atoms with van der Waals surface area (Å²) < 4.78 is 0. The molecule has 0 aromatic heterocycles. The molecule has 0 amide bonds. The molecule has 3 heteroatoms. The molecule has 1 aromatic rings.